The van der Waals surface area contributed by atoms with Crippen LogP contribution in [-0.4, -0.2) is 22.6 Å². The molecule has 2 atom stereocenters. The molecule has 1 aliphatic rings. The van der Waals surface area contributed by atoms with Crippen molar-refractivity contribution in [2.75, 3.05) is 7.05 Å². The number of likely N-dealkylation sites (N-methyl/N-ethyl adjacent to an activating group) is 1. The van der Waals surface area contributed by atoms with Gasteiger partial charge in [0, 0.05) is 24.4 Å². The molecule has 2 rings (SSSR count). The molecule has 90 valence electrons. The first-order valence-electron chi connectivity index (χ1n) is 6.44. The first-order chi connectivity index (χ1) is 7.74. The van der Waals surface area contributed by atoms with E-state index in [1.54, 1.807) is 0 Å². The first-order valence-corrected chi connectivity index (χ1v) is 6.44. The van der Waals surface area contributed by atoms with Gasteiger partial charge in [-0.2, -0.15) is 0 Å². The monoisotopic (exact) mass is 221 g/mol. The highest BCUT2D eigenvalue weighted by atomic mass is 15.1. The van der Waals surface area contributed by atoms with Gasteiger partial charge < -0.3 is 9.88 Å². The van der Waals surface area contributed by atoms with Crippen molar-refractivity contribution in [3.63, 3.8) is 0 Å². The molecule has 0 radical (unpaired) electrons. The summed E-state index contributed by atoms with van der Waals surface area (Å²) in [7, 11) is 2.08. The highest BCUT2D eigenvalue weighted by molar-refractivity contribution is 5.02. The second-order valence-corrected chi connectivity index (χ2v) is 5.09. The zero-order valence-electron chi connectivity index (χ0n) is 10.6. The van der Waals surface area contributed by atoms with Gasteiger partial charge in [0.05, 0.1) is 6.04 Å². The third-order valence-corrected chi connectivity index (χ3v) is 3.67. The number of hydrogen-bond donors (Lipinski definition) is 1. The Morgan fingerprint density at radius 2 is 2.12 bits per heavy atom. The van der Waals surface area contributed by atoms with Gasteiger partial charge in [0.1, 0.15) is 5.82 Å². The van der Waals surface area contributed by atoms with Crippen LogP contribution < -0.4 is 5.32 Å². The van der Waals surface area contributed by atoms with E-state index in [1.165, 1.54) is 31.5 Å². The lowest BCUT2D eigenvalue weighted by Gasteiger charge is -2.33. The Hall–Kier alpha value is -0.830. The minimum atomic E-state index is 0.509. The van der Waals surface area contributed by atoms with Gasteiger partial charge in [-0.1, -0.05) is 26.7 Å². The lowest BCUT2D eigenvalue weighted by molar-refractivity contribution is 0.267. The average molecular weight is 221 g/mol. The molecule has 1 saturated carbocycles. The number of nitrogens with one attached hydrogen (secondary N) is 1. The smallest absolute Gasteiger partial charge is 0.111 e. The number of imidazole rings is 1. The quantitative estimate of drug-likeness (QED) is 0.850. The van der Waals surface area contributed by atoms with Crippen LogP contribution >= 0.6 is 0 Å². The van der Waals surface area contributed by atoms with Crippen LogP contribution in [0, 0.1) is 0 Å². The molecule has 3 nitrogen and oxygen atoms in total. The van der Waals surface area contributed by atoms with E-state index in [2.05, 4.69) is 42.0 Å². The van der Waals surface area contributed by atoms with Crippen LogP contribution in [0.4, 0.5) is 0 Å². The fraction of sp³-hybridized carbons (Fsp3) is 0.769. The topological polar surface area (TPSA) is 29.9 Å². The Bertz CT molecular complexity index is 330. The van der Waals surface area contributed by atoms with Crippen molar-refractivity contribution in [3.05, 3.63) is 18.2 Å². The SMILES string of the molecule is CNC1CCCCC1n1ccnc1C(C)C. The molecule has 1 aliphatic carbocycles. The Kier molecular flexibility index (Phi) is 3.64. The maximum absolute atomic E-state index is 4.49. The number of aromatic nitrogens is 2. The van der Waals surface area contributed by atoms with Crippen molar-refractivity contribution in [2.45, 2.75) is 57.5 Å². The van der Waals surface area contributed by atoms with Gasteiger partial charge >= 0.3 is 0 Å². The summed E-state index contributed by atoms with van der Waals surface area (Å²) in [5, 5.41) is 3.46. The Balaban J connectivity index is 2.23. The highest BCUT2D eigenvalue weighted by Crippen LogP contribution is 2.30. The molecule has 0 aliphatic heterocycles. The molecule has 1 aromatic heterocycles. The van der Waals surface area contributed by atoms with Crippen LogP contribution in [0.1, 0.15) is 57.3 Å². The van der Waals surface area contributed by atoms with Crippen molar-refractivity contribution in [3.8, 4) is 0 Å². The third kappa shape index (κ3) is 2.14. The zero-order valence-corrected chi connectivity index (χ0v) is 10.6. The van der Waals surface area contributed by atoms with Gasteiger partial charge in [0.15, 0.2) is 0 Å². The minimum Gasteiger partial charge on any atom is -0.330 e. The lowest BCUT2D eigenvalue weighted by atomic mass is 9.90. The first kappa shape index (κ1) is 11.6. The molecule has 1 aromatic rings. The summed E-state index contributed by atoms with van der Waals surface area (Å²) in [4.78, 5) is 4.49. The van der Waals surface area contributed by atoms with Gasteiger partial charge in [-0.25, -0.2) is 4.98 Å². The van der Waals surface area contributed by atoms with E-state index in [4.69, 9.17) is 0 Å². The van der Waals surface area contributed by atoms with Gasteiger partial charge in [-0.3, -0.25) is 0 Å². The fourth-order valence-corrected chi connectivity index (χ4v) is 2.83. The standard InChI is InChI=1S/C13H23N3/c1-10(2)13-15-8-9-16(13)12-7-5-4-6-11(12)14-3/h8-12,14H,4-7H2,1-3H3. The highest BCUT2D eigenvalue weighted by Gasteiger charge is 2.26. The van der Waals surface area contributed by atoms with E-state index in [1.807, 2.05) is 6.20 Å². The summed E-state index contributed by atoms with van der Waals surface area (Å²) >= 11 is 0. The normalized spacial score (nSPS) is 26.2. The maximum atomic E-state index is 4.49. The van der Waals surface area contributed by atoms with Gasteiger partial charge in [0.25, 0.3) is 0 Å². The van der Waals surface area contributed by atoms with E-state index in [0.29, 0.717) is 18.0 Å². The van der Waals surface area contributed by atoms with Crippen molar-refractivity contribution < 1.29 is 0 Å². The van der Waals surface area contributed by atoms with Crippen LogP contribution in [-0.2, 0) is 0 Å². The van der Waals surface area contributed by atoms with Gasteiger partial charge in [-0.15, -0.1) is 0 Å². The average Bonchev–Trinajstić information content (AvgIpc) is 2.77. The Labute approximate surface area is 98.3 Å². The third-order valence-electron chi connectivity index (χ3n) is 3.67. The predicted octanol–water partition coefficient (Wildman–Crippen LogP) is 2.71. The number of nitrogens with zero attached hydrogens (tertiary/aromatic N) is 2. The molecule has 0 aromatic carbocycles. The lowest BCUT2D eigenvalue weighted by Crippen LogP contribution is -2.38. The molecule has 3 heteroatoms. The summed E-state index contributed by atoms with van der Waals surface area (Å²) < 4.78 is 2.39. The summed E-state index contributed by atoms with van der Waals surface area (Å²) in [5.41, 5.74) is 0. The molecule has 0 amide bonds. The summed E-state index contributed by atoms with van der Waals surface area (Å²) in [6, 6.07) is 1.21. The zero-order chi connectivity index (χ0) is 11.5. The van der Waals surface area contributed by atoms with Crippen molar-refractivity contribution in [1.82, 2.24) is 14.9 Å². The maximum Gasteiger partial charge on any atom is 0.111 e. The second-order valence-electron chi connectivity index (χ2n) is 5.09. The van der Waals surface area contributed by atoms with Crippen LogP contribution in [0.15, 0.2) is 12.4 Å². The molecular formula is C13H23N3. The summed E-state index contributed by atoms with van der Waals surface area (Å²) in [6.45, 7) is 4.44. The molecule has 0 spiro atoms. The van der Waals surface area contributed by atoms with E-state index >= 15 is 0 Å². The van der Waals surface area contributed by atoms with E-state index in [0.717, 1.165) is 0 Å². The van der Waals surface area contributed by atoms with E-state index in [9.17, 15) is 0 Å². The van der Waals surface area contributed by atoms with Gasteiger partial charge in [0.2, 0.25) is 0 Å². The molecule has 16 heavy (non-hydrogen) atoms. The minimum absolute atomic E-state index is 0.509. The van der Waals surface area contributed by atoms with E-state index < -0.39 is 0 Å². The molecule has 1 fully saturated rings. The molecule has 1 N–H and O–H groups in total. The largest absolute Gasteiger partial charge is 0.330 e. The van der Waals surface area contributed by atoms with Crippen LogP contribution in [0.5, 0.6) is 0 Å². The molecular weight excluding hydrogens is 198 g/mol. The van der Waals surface area contributed by atoms with Crippen molar-refractivity contribution in [2.24, 2.45) is 0 Å². The van der Waals surface area contributed by atoms with Crippen molar-refractivity contribution >= 4 is 0 Å². The number of hydrogen-bond acceptors (Lipinski definition) is 2. The van der Waals surface area contributed by atoms with Crippen molar-refractivity contribution in [1.29, 1.82) is 0 Å². The molecule has 1 heterocycles. The Morgan fingerprint density at radius 1 is 1.38 bits per heavy atom. The fourth-order valence-electron chi connectivity index (χ4n) is 2.83. The van der Waals surface area contributed by atoms with Crippen LogP contribution in [0.25, 0.3) is 0 Å². The molecule has 2 unspecified atom stereocenters. The number of rotatable bonds is 3. The second kappa shape index (κ2) is 5.00. The van der Waals surface area contributed by atoms with E-state index in [-0.39, 0.29) is 0 Å². The summed E-state index contributed by atoms with van der Waals surface area (Å²) in [6.07, 6.45) is 9.36. The van der Waals surface area contributed by atoms with Crippen LogP contribution in [0.2, 0.25) is 0 Å². The van der Waals surface area contributed by atoms with Crippen LogP contribution in [0.3, 0.4) is 0 Å². The molecule has 0 saturated heterocycles. The predicted molar refractivity (Wildman–Crippen MR) is 66.7 cm³/mol. The summed E-state index contributed by atoms with van der Waals surface area (Å²) in [5.74, 6) is 1.74. The molecule has 0 bridgehead atoms. The van der Waals surface area contributed by atoms with Gasteiger partial charge in [-0.05, 0) is 19.9 Å². The Morgan fingerprint density at radius 3 is 2.81 bits per heavy atom.